The van der Waals surface area contributed by atoms with Crippen LogP contribution in [0.5, 0.6) is 0 Å². The van der Waals surface area contributed by atoms with E-state index in [1.807, 2.05) is 37.8 Å². The number of sulfonamides is 1. The van der Waals surface area contributed by atoms with Crippen LogP contribution in [-0.2, 0) is 26.0 Å². The summed E-state index contributed by atoms with van der Waals surface area (Å²) in [5.74, 6) is -0.173. The van der Waals surface area contributed by atoms with Gasteiger partial charge in [0.2, 0.25) is 21.8 Å². The molecule has 1 unspecified atom stereocenters. The van der Waals surface area contributed by atoms with Crippen molar-refractivity contribution < 1.29 is 18.0 Å². The third-order valence-corrected chi connectivity index (χ3v) is 8.71. The van der Waals surface area contributed by atoms with Crippen LogP contribution in [0.1, 0.15) is 42.9 Å². The molecule has 1 aliphatic heterocycles. The first-order valence-corrected chi connectivity index (χ1v) is 12.8. The molecule has 1 fully saturated rings. The highest BCUT2D eigenvalue weighted by atomic mass is 32.2. The van der Waals surface area contributed by atoms with Crippen LogP contribution in [0.15, 0.2) is 41.3 Å². The topological polar surface area (TPSA) is 86.8 Å². The van der Waals surface area contributed by atoms with Crippen molar-refractivity contribution in [3.63, 3.8) is 0 Å². The van der Waals surface area contributed by atoms with Crippen molar-refractivity contribution in [2.24, 2.45) is 5.92 Å². The van der Waals surface area contributed by atoms with E-state index in [2.05, 4.69) is 5.32 Å². The predicted octanol–water partition coefficient (Wildman–Crippen LogP) is 3.64. The van der Waals surface area contributed by atoms with Gasteiger partial charge in [-0.1, -0.05) is 18.6 Å². The first-order valence-electron chi connectivity index (χ1n) is 11.4. The summed E-state index contributed by atoms with van der Waals surface area (Å²) >= 11 is 0. The molecule has 2 aliphatic rings. The fraction of sp³-hybridized carbons (Fsp3) is 0.440. The third kappa shape index (κ3) is 4.42. The zero-order chi connectivity index (χ0) is 23.9. The van der Waals surface area contributed by atoms with Gasteiger partial charge in [-0.2, -0.15) is 4.31 Å². The van der Waals surface area contributed by atoms with E-state index in [1.54, 1.807) is 18.2 Å². The van der Waals surface area contributed by atoms with Gasteiger partial charge in [0.15, 0.2) is 0 Å². The van der Waals surface area contributed by atoms with Gasteiger partial charge in [-0.15, -0.1) is 0 Å². The lowest BCUT2D eigenvalue weighted by Gasteiger charge is -2.32. The Labute approximate surface area is 195 Å². The van der Waals surface area contributed by atoms with E-state index in [1.165, 1.54) is 13.1 Å². The third-order valence-electron chi connectivity index (χ3n) is 6.91. The number of aryl methyl sites for hydroxylation is 1. The minimum absolute atomic E-state index is 0.00660. The minimum Gasteiger partial charge on any atom is -0.325 e. The second-order valence-corrected chi connectivity index (χ2v) is 11.3. The monoisotopic (exact) mass is 469 g/mol. The van der Waals surface area contributed by atoms with Gasteiger partial charge in [0, 0.05) is 30.4 Å². The van der Waals surface area contributed by atoms with E-state index in [-0.39, 0.29) is 29.3 Å². The predicted molar refractivity (Wildman–Crippen MR) is 129 cm³/mol. The Hall–Kier alpha value is -2.71. The first-order chi connectivity index (χ1) is 15.6. The number of carbonyl (C=O) groups excluding carboxylic acids is 2. The van der Waals surface area contributed by atoms with Crippen molar-refractivity contribution in [3.8, 4) is 0 Å². The average molecular weight is 470 g/mol. The van der Waals surface area contributed by atoms with Crippen LogP contribution in [-0.4, -0.2) is 44.2 Å². The molecule has 1 saturated carbocycles. The number of hydrogen-bond donors (Lipinski definition) is 1. The molecule has 2 aromatic rings. The number of nitrogens with one attached hydrogen (secondary N) is 1. The lowest BCUT2D eigenvalue weighted by molar-refractivity contribution is -0.125. The van der Waals surface area contributed by atoms with Gasteiger partial charge < -0.3 is 10.2 Å². The maximum absolute atomic E-state index is 13.2. The summed E-state index contributed by atoms with van der Waals surface area (Å²) in [6.07, 6.45) is 3.57. The highest BCUT2D eigenvalue weighted by Gasteiger charge is 2.37. The number of likely N-dealkylation sites (N-methyl/N-ethyl adjacent to an activating group) is 1. The van der Waals surface area contributed by atoms with Gasteiger partial charge in [0.25, 0.3) is 0 Å². The molecular weight excluding hydrogens is 438 g/mol. The van der Waals surface area contributed by atoms with Gasteiger partial charge in [-0.05, 0) is 81.0 Å². The molecule has 0 aromatic heterocycles. The van der Waals surface area contributed by atoms with Gasteiger partial charge in [0.05, 0.1) is 11.4 Å². The van der Waals surface area contributed by atoms with E-state index in [0.29, 0.717) is 12.1 Å². The highest BCUT2D eigenvalue weighted by Crippen LogP contribution is 2.38. The van der Waals surface area contributed by atoms with Gasteiger partial charge in [-0.25, -0.2) is 8.42 Å². The van der Waals surface area contributed by atoms with Crippen molar-refractivity contribution >= 4 is 33.2 Å². The zero-order valence-corrected chi connectivity index (χ0v) is 20.4. The molecule has 0 saturated heterocycles. The fourth-order valence-electron chi connectivity index (χ4n) is 4.50. The lowest BCUT2D eigenvalue weighted by atomic mass is 9.84. The summed E-state index contributed by atoms with van der Waals surface area (Å²) in [6, 6.07) is 10.5. The molecule has 1 heterocycles. The van der Waals surface area contributed by atoms with Crippen LogP contribution in [0.25, 0.3) is 0 Å². The fourth-order valence-corrected chi connectivity index (χ4v) is 5.68. The van der Waals surface area contributed by atoms with Crippen LogP contribution < -0.4 is 10.2 Å². The zero-order valence-electron chi connectivity index (χ0n) is 19.6. The molecule has 0 radical (unpaired) electrons. The summed E-state index contributed by atoms with van der Waals surface area (Å²) in [5, 5.41) is 2.80. The number of amides is 2. The van der Waals surface area contributed by atoms with Crippen LogP contribution in [0, 0.1) is 19.8 Å². The van der Waals surface area contributed by atoms with E-state index in [0.717, 1.165) is 45.9 Å². The Morgan fingerprint density at radius 3 is 2.55 bits per heavy atom. The van der Waals surface area contributed by atoms with E-state index in [9.17, 15) is 18.0 Å². The number of anilines is 2. The molecule has 0 spiro atoms. The Kier molecular flexibility index (Phi) is 6.33. The van der Waals surface area contributed by atoms with Gasteiger partial charge in [0.1, 0.15) is 0 Å². The molecule has 2 amide bonds. The summed E-state index contributed by atoms with van der Waals surface area (Å²) in [5.41, 5.74) is 4.32. The van der Waals surface area contributed by atoms with Crippen molar-refractivity contribution in [2.45, 2.75) is 57.4 Å². The number of fused-ring (bicyclic) bond motifs is 1. The molecule has 33 heavy (non-hydrogen) atoms. The van der Waals surface area contributed by atoms with Crippen LogP contribution in [0.4, 0.5) is 11.4 Å². The normalized spacial score (nSPS) is 18.2. The maximum atomic E-state index is 13.2. The molecule has 1 atom stereocenters. The van der Waals surface area contributed by atoms with Crippen molar-refractivity contribution in [1.29, 1.82) is 0 Å². The average Bonchev–Trinajstić information content (AvgIpc) is 3.04. The van der Waals surface area contributed by atoms with Crippen molar-refractivity contribution in [1.82, 2.24) is 4.31 Å². The summed E-state index contributed by atoms with van der Waals surface area (Å²) < 4.78 is 27.4. The Morgan fingerprint density at radius 2 is 1.88 bits per heavy atom. The molecular formula is C25H31N3O4S. The highest BCUT2D eigenvalue weighted by molar-refractivity contribution is 7.89. The van der Waals surface area contributed by atoms with Crippen LogP contribution in [0.3, 0.4) is 0 Å². The van der Waals surface area contributed by atoms with Crippen molar-refractivity contribution in [3.05, 3.63) is 53.1 Å². The molecule has 4 rings (SSSR count). The second-order valence-electron chi connectivity index (χ2n) is 9.24. The standard InChI is InChI=1S/C25H31N3O4S/c1-16-7-5-10-22(18(16)3)26-24(29)15-27(4)33(31,32)21-11-12-23-20(14-21)13-17(2)28(23)25(30)19-8-6-9-19/h5,7,10-12,14,17,19H,6,8-9,13,15H2,1-4H3,(H,26,29). The number of nitrogens with zero attached hydrogens (tertiary/aromatic N) is 2. The lowest BCUT2D eigenvalue weighted by Crippen LogP contribution is -2.42. The second kappa shape index (κ2) is 8.91. The van der Waals surface area contributed by atoms with E-state index in [4.69, 9.17) is 0 Å². The molecule has 8 heteroatoms. The molecule has 7 nitrogen and oxygen atoms in total. The maximum Gasteiger partial charge on any atom is 0.243 e. The summed E-state index contributed by atoms with van der Waals surface area (Å²) in [4.78, 5) is 27.4. The molecule has 1 aliphatic carbocycles. The molecule has 1 N–H and O–H groups in total. The Balaban J connectivity index is 1.49. The number of hydrogen-bond acceptors (Lipinski definition) is 4. The quantitative estimate of drug-likeness (QED) is 0.700. The summed E-state index contributed by atoms with van der Waals surface area (Å²) in [7, 11) is -2.46. The summed E-state index contributed by atoms with van der Waals surface area (Å²) in [6.45, 7) is 5.57. The molecule has 2 aromatic carbocycles. The van der Waals surface area contributed by atoms with E-state index < -0.39 is 15.9 Å². The Morgan fingerprint density at radius 1 is 1.15 bits per heavy atom. The first kappa shape index (κ1) is 23.4. The van der Waals surface area contributed by atoms with Gasteiger partial charge >= 0.3 is 0 Å². The smallest absolute Gasteiger partial charge is 0.243 e. The van der Waals surface area contributed by atoms with Crippen molar-refractivity contribution in [2.75, 3.05) is 23.8 Å². The van der Waals surface area contributed by atoms with Crippen LogP contribution >= 0.6 is 0 Å². The minimum atomic E-state index is -3.86. The van der Waals surface area contributed by atoms with Crippen LogP contribution in [0.2, 0.25) is 0 Å². The largest absolute Gasteiger partial charge is 0.325 e. The number of rotatable bonds is 6. The molecule has 0 bridgehead atoms. The van der Waals surface area contributed by atoms with Gasteiger partial charge in [-0.3, -0.25) is 9.59 Å². The molecule has 176 valence electrons. The number of carbonyl (C=O) groups is 2. The SMILES string of the molecule is Cc1cccc(NC(=O)CN(C)S(=O)(=O)c2ccc3c(c2)CC(C)N3C(=O)C2CCC2)c1C. The Bertz CT molecular complexity index is 1200. The van der Waals surface area contributed by atoms with E-state index >= 15 is 0 Å². The number of benzene rings is 2.